The molecule has 1 amide bonds. The molecule has 1 aromatic carbocycles. The van der Waals surface area contributed by atoms with Crippen molar-refractivity contribution in [3.05, 3.63) is 35.4 Å². The van der Waals surface area contributed by atoms with Crippen LogP contribution in [0.2, 0.25) is 0 Å². The number of carbonyl (C=O) groups is 2. The number of carboxylic acid groups (broad SMARTS) is 1. The highest BCUT2D eigenvalue weighted by Crippen LogP contribution is 2.23. The second kappa shape index (κ2) is 6.05. The third kappa shape index (κ3) is 2.99. The Labute approximate surface area is 118 Å². The smallest absolute Gasteiger partial charge is 0.326 e. The minimum atomic E-state index is -1.00. The second-order valence-electron chi connectivity index (χ2n) is 5.40. The lowest BCUT2D eigenvalue weighted by Gasteiger charge is -2.28. The fraction of sp³-hybridized carbons (Fsp3) is 0.467. The van der Waals surface area contributed by atoms with Crippen molar-refractivity contribution in [2.75, 3.05) is 6.54 Å². The summed E-state index contributed by atoms with van der Waals surface area (Å²) >= 11 is 0. The summed E-state index contributed by atoms with van der Waals surface area (Å²) in [6, 6.07) is 6.43. The van der Waals surface area contributed by atoms with Crippen LogP contribution in [0.5, 0.6) is 0 Å². The highest BCUT2D eigenvalue weighted by molar-refractivity contribution is 5.88. The Morgan fingerprint density at radius 1 is 1.35 bits per heavy atom. The van der Waals surface area contributed by atoms with Crippen LogP contribution in [-0.4, -0.2) is 29.6 Å². The number of amides is 1. The zero-order valence-electron chi connectivity index (χ0n) is 11.7. The van der Waals surface area contributed by atoms with Gasteiger partial charge in [-0.2, -0.15) is 0 Å². The molecule has 0 bridgehead atoms. The summed E-state index contributed by atoms with van der Waals surface area (Å²) in [5.74, 6) is -1.44. The molecule has 2 atom stereocenters. The van der Waals surface area contributed by atoms with Crippen molar-refractivity contribution in [2.45, 2.75) is 32.4 Å². The van der Waals surface area contributed by atoms with Gasteiger partial charge in [-0.15, -0.1) is 0 Å². The summed E-state index contributed by atoms with van der Waals surface area (Å²) in [7, 11) is 0. The summed E-state index contributed by atoms with van der Waals surface area (Å²) in [6.07, 6.45) is 0.881. The van der Waals surface area contributed by atoms with E-state index in [0.29, 0.717) is 6.54 Å². The molecule has 0 radical (unpaired) electrons. The number of fused-ring (bicyclic) bond motifs is 1. The maximum Gasteiger partial charge on any atom is 0.326 e. The Kier molecular flexibility index (Phi) is 4.39. The highest BCUT2D eigenvalue weighted by atomic mass is 16.4. The molecule has 1 aromatic rings. The summed E-state index contributed by atoms with van der Waals surface area (Å²) < 4.78 is 0. The summed E-state index contributed by atoms with van der Waals surface area (Å²) in [4.78, 5) is 23.5. The molecule has 0 saturated heterocycles. The van der Waals surface area contributed by atoms with Gasteiger partial charge in [0.25, 0.3) is 0 Å². The van der Waals surface area contributed by atoms with Crippen LogP contribution in [0.25, 0.3) is 0 Å². The molecule has 0 spiro atoms. The van der Waals surface area contributed by atoms with Crippen LogP contribution >= 0.6 is 0 Å². The van der Waals surface area contributed by atoms with E-state index >= 15 is 0 Å². The van der Waals surface area contributed by atoms with E-state index in [1.807, 2.05) is 24.3 Å². The standard InChI is InChI=1S/C15H20N2O3/c1-9(2)12(15(19)20)17-14(18)13-11-6-4-3-5-10(11)7-8-16-13/h3-6,9,12-13,16H,7-8H2,1-2H3,(H,17,18)(H,19,20). The summed E-state index contributed by atoms with van der Waals surface area (Å²) in [5, 5.41) is 14.9. The van der Waals surface area contributed by atoms with E-state index in [1.165, 1.54) is 0 Å². The van der Waals surface area contributed by atoms with Crippen molar-refractivity contribution in [2.24, 2.45) is 5.92 Å². The monoisotopic (exact) mass is 276 g/mol. The van der Waals surface area contributed by atoms with Crippen molar-refractivity contribution >= 4 is 11.9 Å². The molecule has 5 heteroatoms. The molecular formula is C15H20N2O3. The van der Waals surface area contributed by atoms with Crippen molar-refractivity contribution in [1.82, 2.24) is 10.6 Å². The van der Waals surface area contributed by atoms with E-state index in [-0.39, 0.29) is 11.8 Å². The number of hydrogen-bond acceptors (Lipinski definition) is 3. The topological polar surface area (TPSA) is 78.4 Å². The summed E-state index contributed by atoms with van der Waals surface area (Å²) in [5.41, 5.74) is 2.08. The number of aliphatic carboxylic acids is 1. The first-order valence-electron chi connectivity index (χ1n) is 6.85. The van der Waals surface area contributed by atoms with Crippen LogP contribution in [0.3, 0.4) is 0 Å². The lowest BCUT2D eigenvalue weighted by molar-refractivity contribution is -0.143. The number of carboxylic acids is 1. The molecular weight excluding hydrogens is 256 g/mol. The molecule has 1 heterocycles. The Hall–Kier alpha value is -1.88. The molecule has 2 rings (SSSR count). The zero-order chi connectivity index (χ0) is 14.7. The number of hydrogen-bond donors (Lipinski definition) is 3. The van der Waals surface area contributed by atoms with E-state index in [1.54, 1.807) is 13.8 Å². The van der Waals surface area contributed by atoms with Crippen LogP contribution in [0.15, 0.2) is 24.3 Å². The first kappa shape index (κ1) is 14.5. The Bertz CT molecular complexity index is 514. The normalized spacial score (nSPS) is 19.2. The SMILES string of the molecule is CC(C)C(NC(=O)C1NCCc2ccccc21)C(=O)O. The first-order valence-corrected chi connectivity index (χ1v) is 6.85. The van der Waals surface area contributed by atoms with Gasteiger partial charge in [-0.25, -0.2) is 4.79 Å². The molecule has 0 saturated carbocycles. The third-order valence-electron chi connectivity index (χ3n) is 3.60. The second-order valence-corrected chi connectivity index (χ2v) is 5.40. The van der Waals surface area contributed by atoms with Gasteiger partial charge in [-0.1, -0.05) is 38.1 Å². The van der Waals surface area contributed by atoms with Crippen LogP contribution in [0.1, 0.15) is 31.0 Å². The number of benzene rings is 1. The van der Waals surface area contributed by atoms with E-state index in [4.69, 9.17) is 5.11 Å². The lowest BCUT2D eigenvalue weighted by atomic mass is 9.93. The molecule has 108 valence electrons. The number of rotatable bonds is 4. The molecule has 20 heavy (non-hydrogen) atoms. The van der Waals surface area contributed by atoms with Gasteiger partial charge in [0.05, 0.1) is 0 Å². The molecule has 0 aromatic heterocycles. The molecule has 0 aliphatic carbocycles. The molecule has 3 N–H and O–H groups in total. The van der Waals surface area contributed by atoms with Gasteiger partial charge in [0.1, 0.15) is 12.1 Å². The molecule has 1 aliphatic rings. The summed E-state index contributed by atoms with van der Waals surface area (Å²) in [6.45, 7) is 4.27. The van der Waals surface area contributed by atoms with Gasteiger partial charge in [-0.3, -0.25) is 4.79 Å². The van der Waals surface area contributed by atoms with E-state index in [9.17, 15) is 9.59 Å². The number of nitrogens with one attached hydrogen (secondary N) is 2. The molecule has 5 nitrogen and oxygen atoms in total. The van der Waals surface area contributed by atoms with Crippen molar-refractivity contribution < 1.29 is 14.7 Å². The van der Waals surface area contributed by atoms with Crippen LogP contribution in [0.4, 0.5) is 0 Å². The Morgan fingerprint density at radius 2 is 2.05 bits per heavy atom. The van der Waals surface area contributed by atoms with E-state index in [2.05, 4.69) is 10.6 Å². The third-order valence-corrected chi connectivity index (χ3v) is 3.60. The van der Waals surface area contributed by atoms with Crippen molar-refractivity contribution in [1.29, 1.82) is 0 Å². The molecule has 0 fully saturated rings. The fourth-order valence-corrected chi connectivity index (χ4v) is 2.49. The van der Waals surface area contributed by atoms with Gasteiger partial charge < -0.3 is 15.7 Å². The van der Waals surface area contributed by atoms with Crippen LogP contribution < -0.4 is 10.6 Å². The maximum absolute atomic E-state index is 12.3. The average Bonchev–Trinajstić information content (AvgIpc) is 2.43. The van der Waals surface area contributed by atoms with Gasteiger partial charge >= 0.3 is 5.97 Å². The predicted octanol–water partition coefficient (Wildman–Crippen LogP) is 1.10. The lowest BCUT2D eigenvalue weighted by Crippen LogP contribution is -2.49. The van der Waals surface area contributed by atoms with Crippen LogP contribution in [-0.2, 0) is 16.0 Å². The first-order chi connectivity index (χ1) is 9.50. The minimum Gasteiger partial charge on any atom is -0.480 e. The maximum atomic E-state index is 12.3. The molecule has 2 unspecified atom stereocenters. The van der Waals surface area contributed by atoms with Crippen molar-refractivity contribution in [3.8, 4) is 0 Å². The zero-order valence-corrected chi connectivity index (χ0v) is 11.7. The van der Waals surface area contributed by atoms with Gasteiger partial charge in [0.2, 0.25) is 5.91 Å². The minimum absolute atomic E-state index is 0.157. The van der Waals surface area contributed by atoms with Crippen molar-refractivity contribution in [3.63, 3.8) is 0 Å². The van der Waals surface area contributed by atoms with E-state index in [0.717, 1.165) is 17.5 Å². The van der Waals surface area contributed by atoms with Gasteiger partial charge in [0, 0.05) is 6.54 Å². The Balaban J connectivity index is 2.16. The average molecular weight is 276 g/mol. The van der Waals surface area contributed by atoms with Crippen LogP contribution in [0, 0.1) is 5.92 Å². The largest absolute Gasteiger partial charge is 0.480 e. The van der Waals surface area contributed by atoms with Gasteiger partial charge in [0.15, 0.2) is 0 Å². The Morgan fingerprint density at radius 3 is 2.70 bits per heavy atom. The highest BCUT2D eigenvalue weighted by Gasteiger charge is 2.30. The van der Waals surface area contributed by atoms with E-state index < -0.39 is 18.1 Å². The molecule has 1 aliphatic heterocycles. The quantitative estimate of drug-likeness (QED) is 0.769. The fourth-order valence-electron chi connectivity index (χ4n) is 2.49. The van der Waals surface area contributed by atoms with Gasteiger partial charge in [-0.05, 0) is 23.5 Å². The number of carbonyl (C=O) groups excluding carboxylic acids is 1. The predicted molar refractivity (Wildman–Crippen MR) is 75.3 cm³/mol.